The lowest BCUT2D eigenvalue weighted by molar-refractivity contribution is 0.245. The van der Waals surface area contributed by atoms with Gasteiger partial charge in [0, 0.05) is 24.5 Å². The highest BCUT2D eigenvalue weighted by molar-refractivity contribution is 5.91. The molecule has 1 fully saturated rings. The maximum atomic E-state index is 6.12. The highest BCUT2D eigenvalue weighted by Crippen LogP contribution is 2.35. The molecule has 21 heavy (non-hydrogen) atoms. The molecule has 0 radical (unpaired) electrons. The van der Waals surface area contributed by atoms with Crippen LogP contribution in [0.5, 0.6) is 5.75 Å². The number of nitrogens with two attached hydrogens (primary N) is 1. The number of fused-ring (bicyclic) bond motifs is 1. The molecule has 2 N–H and O–H groups in total. The third-order valence-electron chi connectivity index (χ3n) is 4.62. The highest BCUT2D eigenvalue weighted by Gasteiger charge is 2.27. The number of nitrogens with zero attached hydrogens (tertiary/aromatic N) is 1. The SMILES string of the molecule is COc1ccc(C(CN)N2CCC(C)C2)c2ccccc12. The van der Waals surface area contributed by atoms with E-state index in [0.29, 0.717) is 12.6 Å². The number of likely N-dealkylation sites (tertiary alicyclic amines) is 1. The lowest BCUT2D eigenvalue weighted by atomic mass is 9.97. The van der Waals surface area contributed by atoms with E-state index >= 15 is 0 Å². The molecule has 1 heterocycles. The van der Waals surface area contributed by atoms with Gasteiger partial charge < -0.3 is 10.5 Å². The second kappa shape index (κ2) is 6.04. The largest absolute Gasteiger partial charge is 0.496 e. The minimum Gasteiger partial charge on any atom is -0.496 e. The van der Waals surface area contributed by atoms with Crippen LogP contribution in [0.25, 0.3) is 10.8 Å². The standard InChI is InChI=1S/C18H24N2O/c1-13-9-10-20(12-13)17(11-19)15-7-8-18(21-2)16-6-4-3-5-14(15)16/h3-8,13,17H,9-12,19H2,1-2H3. The van der Waals surface area contributed by atoms with Gasteiger partial charge in [-0.05, 0) is 35.9 Å². The Balaban J connectivity index is 2.06. The summed E-state index contributed by atoms with van der Waals surface area (Å²) in [6.07, 6.45) is 1.27. The maximum absolute atomic E-state index is 6.12. The minimum atomic E-state index is 0.297. The summed E-state index contributed by atoms with van der Waals surface area (Å²) >= 11 is 0. The second-order valence-corrected chi connectivity index (χ2v) is 6.04. The summed E-state index contributed by atoms with van der Waals surface area (Å²) in [5.41, 5.74) is 7.44. The molecule has 2 aromatic carbocycles. The van der Waals surface area contributed by atoms with Gasteiger partial charge in [0.1, 0.15) is 5.75 Å². The van der Waals surface area contributed by atoms with Gasteiger partial charge in [-0.1, -0.05) is 37.3 Å². The summed E-state index contributed by atoms with van der Waals surface area (Å²) in [6.45, 7) is 5.26. The van der Waals surface area contributed by atoms with Gasteiger partial charge in [-0.3, -0.25) is 4.90 Å². The summed E-state index contributed by atoms with van der Waals surface area (Å²) in [5.74, 6) is 1.70. The van der Waals surface area contributed by atoms with Crippen molar-refractivity contribution < 1.29 is 4.74 Å². The Hall–Kier alpha value is -1.58. The molecule has 1 aliphatic rings. The van der Waals surface area contributed by atoms with Crippen LogP contribution in [-0.2, 0) is 0 Å². The number of methoxy groups -OCH3 is 1. The first kappa shape index (κ1) is 14.4. The zero-order valence-electron chi connectivity index (χ0n) is 12.9. The smallest absolute Gasteiger partial charge is 0.126 e. The average molecular weight is 284 g/mol. The average Bonchev–Trinajstić information content (AvgIpc) is 2.94. The van der Waals surface area contributed by atoms with Gasteiger partial charge in [0.2, 0.25) is 0 Å². The van der Waals surface area contributed by atoms with Crippen molar-refractivity contribution in [1.29, 1.82) is 0 Å². The second-order valence-electron chi connectivity index (χ2n) is 6.04. The molecule has 0 saturated carbocycles. The molecule has 0 aromatic heterocycles. The minimum absolute atomic E-state index is 0.297. The predicted molar refractivity (Wildman–Crippen MR) is 87.6 cm³/mol. The predicted octanol–water partition coefficient (Wildman–Crippen LogP) is 3.19. The van der Waals surface area contributed by atoms with E-state index in [1.165, 1.54) is 22.8 Å². The fourth-order valence-electron chi connectivity index (χ4n) is 3.49. The number of ether oxygens (including phenoxy) is 1. The zero-order valence-corrected chi connectivity index (χ0v) is 12.9. The van der Waals surface area contributed by atoms with Gasteiger partial charge in [-0.2, -0.15) is 0 Å². The van der Waals surface area contributed by atoms with Crippen molar-refractivity contribution >= 4 is 10.8 Å². The van der Waals surface area contributed by atoms with Crippen LogP contribution in [0.3, 0.4) is 0 Å². The van der Waals surface area contributed by atoms with Gasteiger partial charge in [0.15, 0.2) is 0 Å². The monoisotopic (exact) mass is 284 g/mol. The van der Waals surface area contributed by atoms with E-state index in [9.17, 15) is 0 Å². The van der Waals surface area contributed by atoms with Crippen molar-refractivity contribution in [2.24, 2.45) is 11.7 Å². The van der Waals surface area contributed by atoms with Gasteiger partial charge in [0.05, 0.1) is 7.11 Å². The molecule has 0 amide bonds. The first-order chi connectivity index (χ1) is 10.2. The lowest BCUT2D eigenvalue weighted by Crippen LogP contribution is -2.32. The Bertz CT molecular complexity index is 626. The number of hydrogen-bond acceptors (Lipinski definition) is 3. The molecule has 0 aliphatic carbocycles. The van der Waals surface area contributed by atoms with Crippen molar-refractivity contribution in [2.75, 3.05) is 26.7 Å². The fourth-order valence-corrected chi connectivity index (χ4v) is 3.49. The summed E-state index contributed by atoms with van der Waals surface area (Å²) < 4.78 is 5.49. The molecule has 112 valence electrons. The van der Waals surface area contributed by atoms with E-state index in [1.54, 1.807) is 7.11 Å². The van der Waals surface area contributed by atoms with Crippen LogP contribution in [0.4, 0.5) is 0 Å². The number of benzene rings is 2. The molecule has 3 heteroatoms. The number of rotatable bonds is 4. The molecule has 2 aromatic rings. The Morgan fingerprint density at radius 1 is 1.24 bits per heavy atom. The van der Waals surface area contributed by atoms with E-state index in [1.807, 2.05) is 0 Å². The zero-order chi connectivity index (χ0) is 14.8. The van der Waals surface area contributed by atoms with Crippen LogP contribution in [0.15, 0.2) is 36.4 Å². The highest BCUT2D eigenvalue weighted by atomic mass is 16.5. The van der Waals surface area contributed by atoms with Gasteiger partial charge in [-0.25, -0.2) is 0 Å². The summed E-state index contributed by atoms with van der Waals surface area (Å²) in [5, 5.41) is 2.43. The van der Waals surface area contributed by atoms with Crippen LogP contribution >= 0.6 is 0 Å². The first-order valence-corrected chi connectivity index (χ1v) is 7.74. The Labute approximate surface area is 126 Å². The molecule has 2 unspecified atom stereocenters. The third-order valence-corrected chi connectivity index (χ3v) is 4.62. The van der Waals surface area contributed by atoms with Gasteiger partial charge >= 0.3 is 0 Å². The Morgan fingerprint density at radius 2 is 2.00 bits per heavy atom. The van der Waals surface area contributed by atoms with Crippen LogP contribution in [-0.4, -0.2) is 31.6 Å². The van der Waals surface area contributed by atoms with Crippen LogP contribution in [0, 0.1) is 5.92 Å². The summed E-state index contributed by atoms with van der Waals surface area (Å²) in [4.78, 5) is 2.53. The van der Waals surface area contributed by atoms with Crippen molar-refractivity contribution in [3.63, 3.8) is 0 Å². The van der Waals surface area contributed by atoms with Crippen LogP contribution < -0.4 is 10.5 Å². The van der Waals surface area contributed by atoms with E-state index in [-0.39, 0.29) is 0 Å². The topological polar surface area (TPSA) is 38.5 Å². The molecule has 1 aliphatic heterocycles. The van der Waals surface area contributed by atoms with Crippen LogP contribution in [0.2, 0.25) is 0 Å². The van der Waals surface area contributed by atoms with Gasteiger partial charge in [0.25, 0.3) is 0 Å². The quantitative estimate of drug-likeness (QED) is 0.937. The maximum Gasteiger partial charge on any atom is 0.126 e. The molecular weight excluding hydrogens is 260 g/mol. The third kappa shape index (κ3) is 2.63. The normalized spacial score (nSPS) is 20.8. The van der Waals surface area contributed by atoms with E-state index < -0.39 is 0 Å². The molecule has 0 spiro atoms. The summed E-state index contributed by atoms with van der Waals surface area (Å²) in [6, 6.07) is 13.0. The molecule has 0 bridgehead atoms. The molecule has 3 nitrogen and oxygen atoms in total. The molecule has 3 rings (SSSR count). The van der Waals surface area contributed by atoms with Crippen molar-refractivity contribution in [3.05, 3.63) is 42.0 Å². The number of hydrogen-bond donors (Lipinski definition) is 1. The van der Waals surface area contributed by atoms with Crippen LogP contribution in [0.1, 0.15) is 24.9 Å². The van der Waals surface area contributed by atoms with Gasteiger partial charge in [-0.15, -0.1) is 0 Å². The van der Waals surface area contributed by atoms with Crippen molar-refractivity contribution in [3.8, 4) is 5.75 Å². The Morgan fingerprint density at radius 3 is 2.62 bits per heavy atom. The van der Waals surface area contributed by atoms with E-state index in [4.69, 9.17) is 10.5 Å². The molecule has 1 saturated heterocycles. The molecular formula is C18H24N2O. The molecule has 2 atom stereocenters. The fraction of sp³-hybridized carbons (Fsp3) is 0.444. The summed E-state index contributed by atoms with van der Waals surface area (Å²) in [7, 11) is 1.73. The van der Waals surface area contributed by atoms with E-state index in [2.05, 4.69) is 48.2 Å². The Kier molecular flexibility index (Phi) is 4.13. The van der Waals surface area contributed by atoms with Crippen molar-refractivity contribution in [1.82, 2.24) is 4.90 Å². The first-order valence-electron chi connectivity index (χ1n) is 7.74. The van der Waals surface area contributed by atoms with E-state index in [0.717, 1.165) is 24.8 Å². The van der Waals surface area contributed by atoms with Crippen molar-refractivity contribution in [2.45, 2.75) is 19.4 Å². The lowest BCUT2D eigenvalue weighted by Gasteiger charge is -2.28.